The van der Waals surface area contributed by atoms with Crippen molar-refractivity contribution in [1.29, 1.82) is 0 Å². The molecule has 8 fully saturated rings. The van der Waals surface area contributed by atoms with E-state index in [2.05, 4.69) is 127 Å². The maximum atomic E-state index is 7.01. The van der Waals surface area contributed by atoms with E-state index in [1.165, 1.54) is 93.7 Å². The highest BCUT2D eigenvalue weighted by atomic mass is 16.3. The van der Waals surface area contributed by atoms with Crippen LogP contribution < -0.4 is 0 Å². The summed E-state index contributed by atoms with van der Waals surface area (Å²) in [5.41, 5.74) is 12.2. The van der Waals surface area contributed by atoms with Gasteiger partial charge < -0.3 is 8.83 Å². The number of hydrogen-bond donors (Lipinski definition) is 0. The minimum absolute atomic E-state index is 0.315. The molecule has 0 radical (unpaired) electrons. The Kier molecular flexibility index (Phi) is 7.90. The molecule has 0 N–H and O–H groups in total. The van der Waals surface area contributed by atoms with E-state index in [0.29, 0.717) is 28.3 Å². The lowest BCUT2D eigenvalue weighted by Crippen LogP contribution is -2.48. The van der Waals surface area contributed by atoms with Gasteiger partial charge in [0.15, 0.2) is 17.5 Å². The molecule has 0 amide bonds. The zero-order chi connectivity index (χ0) is 44.3. The first-order chi connectivity index (χ1) is 33.5. The SMILES string of the molecule is c1ccc2c(c1)cc(-c1nc(-c3ccc(C45CC6CC(CC(C6)C4)C5)cc3)nc(-c3cccc4c3oc3ccccc34)n1)c1oc3ccc(-c4ccc(C56CC7CC(CC(C7)C5)C6)cc4)cc3c12. The third-order valence-electron chi connectivity index (χ3n) is 18.6. The first kappa shape index (κ1) is 38.4. The van der Waals surface area contributed by atoms with Crippen molar-refractivity contribution < 1.29 is 8.83 Å². The average Bonchev–Trinajstić information content (AvgIpc) is 3.94. The molecule has 3 aromatic heterocycles. The molecule has 18 rings (SSSR count). The van der Waals surface area contributed by atoms with Crippen molar-refractivity contribution in [2.45, 2.75) is 87.9 Å². The van der Waals surface area contributed by atoms with E-state index >= 15 is 0 Å². The highest BCUT2D eigenvalue weighted by Crippen LogP contribution is 2.62. The standard InChI is InChI=1S/C63H53N3O2/c1-2-7-48-45(6-1)29-53(58-56(48)52-28-44(16-21-55(52)68-58)42-12-17-46(18-13-42)62-30-36-22-37(31-62)24-38(23-36)32-62)61-65-59(43-14-19-47(20-15-43)63-33-39-25-40(34-63)27-41(26-39)35-63)64-60(66-61)51-10-5-9-50-49-8-3-4-11-54(49)67-57(50)51/h1-21,28-29,36-41H,22-27,30-35H2. The molecule has 8 aliphatic rings. The second-order valence-corrected chi connectivity index (χ2v) is 22.8. The van der Waals surface area contributed by atoms with E-state index in [-0.39, 0.29) is 0 Å². The summed E-state index contributed by atoms with van der Waals surface area (Å²) in [7, 11) is 0. The van der Waals surface area contributed by atoms with Crippen molar-refractivity contribution in [3.63, 3.8) is 0 Å². The molecule has 68 heavy (non-hydrogen) atoms. The van der Waals surface area contributed by atoms with Gasteiger partial charge >= 0.3 is 0 Å². The van der Waals surface area contributed by atoms with E-state index in [1.54, 1.807) is 5.56 Å². The van der Waals surface area contributed by atoms with E-state index < -0.39 is 0 Å². The Labute approximate surface area is 396 Å². The summed E-state index contributed by atoms with van der Waals surface area (Å²) in [5.74, 6) is 7.27. The quantitative estimate of drug-likeness (QED) is 0.166. The second-order valence-electron chi connectivity index (χ2n) is 22.8. The fourth-order valence-electron chi connectivity index (χ4n) is 16.6. The molecule has 0 unspecified atom stereocenters. The van der Waals surface area contributed by atoms with Crippen LogP contribution in [-0.4, -0.2) is 15.0 Å². The van der Waals surface area contributed by atoms with Crippen LogP contribution in [0.15, 0.2) is 148 Å². The lowest BCUT2D eigenvalue weighted by molar-refractivity contribution is -0.00530. The van der Waals surface area contributed by atoms with Crippen LogP contribution in [0, 0.1) is 35.5 Å². The number of nitrogens with zero attached hydrogens (tertiary/aromatic N) is 3. The molecule has 332 valence electrons. The first-order valence-electron chi connectivity index (χ1n) is 25.7. The van der Waals surface area contributed by atoms with Crippen molar-refractivity contribution in [3.05, 3.63) is 151 Å². The molecule has 7 aromatic carbocycles. The summed E-state index contributed by atoms with van der Waals surface area (Å²) < 4.78 is 13.6. The molecule has 10 aromatic rings. The van der Waals surface area contributed by atoms with Crippen molar-refractivity contribution in [3.8, 4) is 45.3 Å². The molecule has 8 saturated carbocycles. The number of hydrogen-bond acceptors (Lipinski definition) is 5. The van der Waals surface area contributed by atoms with Crippen LogP contribution in [0.2, 0.25) is 0 Å². The van der Waals surface area contributed by atoms with Gasteiger partial charge in [-0.3, -0.25) is 0 Å². The van der Waals surface area contributed by atoms with Gasteiger partial charge in [0.05, 0.1) is 11.1 Å². The average molecular weight is 884 g/mol. The number of aromatic nitrogens is 3. The smallest absolute Gasteiger partial charge is 0.167 e. The molecule has 8 aliphatic carbocycles. The van der Waals surface area contributed by atoms with Crippen LogP contribution in [0.1, 0.15) is 88.2 Å². The van der Waals surface area contributed by atoms with Gasteiger partial charge in [0.25, 0.3) is 0 Å². The minimum Gasteiger partial charge on any atom is -0.455 e. The lowest BCUT2D eigenvalue weighted by Gasteiger charge is -2.57. The highest BCUT2D eigenvalue weighted by molar-refractivity contribution is 6.22. The molecule has 0 aliphatic heterocycles. The molecule has 5 heteroatoms. The summed E-state index contributed by atoms with van der Waals surface area (Å²) >= 11 is 0. The number of rotatable bonds is 6. The van der Waals surface area contributed by atoms with Crippen molar-refractivity contribution in [1.82, 2.24) is 15.0 Å². The Bertz CT molecular complexity index is 3640. The number of benzene rings is 7. The van der Waals surface area contributed by atoms with Gasteiger partial charge in [-0.25, -0.2) is 15.0 Å². The van der Waals surface area contributed by atoms with Gasteiger partial charge in [0, 0.05) is 27.1 Å². The van der Waals surface area contributed by atoms with Gasteiger partial charge in [-0.15, -0.1) is 0 Å². The first-order valence-corrected chi connectivity index (χ1v) is 25.7. The van der Waals surface area contributed by atoms with Gasteiger partial charge in [-0.1, -0.05) is 109 Å². The van der Waals surface area contributed by atoms with Crippen LogP contribution in [0.3, 0.4) is 0 Å². The van der Waals surface area contributed by atoms with Crippen LogP contribution >= 0.6 is 0 Å². The van der Waals surface area contributed by atoms with E-state index in [0.717, 1.165) is 107 Å². The molecule has 0 atom stereocenters. The predicted octanol–water partition coefficient (Wildman–Crippen LogP) is 16.4. The van der Waals surface area contributed by atoms with Gasteiger partial charge in [-0.2, -0.15) is 0 Å². The maximum Gasteiger partial charge on any atom is 0.167 e. The summed E-state index contributed by atoms with van der Waals surface area (Å²) in [6, 6.07) is 51.2. The van der Waals surface area contributed by atoms with E-state index in [1.807, 2.05) is 12.1 Å². The Hall–Kier alpha value is -6.59. The zero-order valence-corrected chi connectivity index (χ0v) is 38.4. The fraction of sp³-hybridized carbons (Fsp3) is 0.317. The maximum absolute atomic E-state index is 7.01. The monoisotopic (exact) mass is 883 g/mol. The zero-order valence-electron chi connectivity index (χ0n) is 38.4. The number of fused-ring (bicyclic) bond motifs is 8. The Morgan fingerprint density at radius 1 is 0.368 bits per heavy atom. The minimum atomic E-state index is 0.315. The predicted molar refractivity (Wildman–Crippen MR) is 273 cm³/mol. The third kappa shape index (κ3) is 5.71. The third-order valence-corrected chi connectivity index (χ3v) is 18.6. The van der Waals surface area contributed by atoms with E-state index in [4.69, 9.17) is 23.8 Å². The highest BCUT2D eigenvalue weighted by Gasteiger charge is 2.52. The Morgan fingerprint density at radius 2 is 0.868 bits per heavy atom. The van der Waals surface area contributed by atoms with Crippen molar-refractivity contribution in [2.75, 3.05) is 0 Å². The summed E-state index contributed by atoms with van der Waals surface area (Å²) in [5, 5.41) is 6.58. The molecular formula is C63H53N3O2. The van der Waals surface area contributed by atoms with Crippen LogP contribution in [0.5, 0.6) is 0 Å². The Balaban J connectivity index is 0.848. The Morgan fingerprint density at radius 3 is 1.51 bits per heavy atom. The van der Waals surface area contributed by atoms with Crippen molar-refractivity contribution in [2.24, 2.45) is 35.5 Å². The summed E-state index contributed by atoms with van der Waals surface area (Å²) in [4.78, 5) is 16.1. The van der Waals surface area contributed by atoms with Gasteiger partial charge in [0.1, 0.15) is 22.3 Å². The molecule has 3 heterocycles. The van der Waals surface area contributed by atoms with Gasteiger partial charge in [-0.05, 0) is 187 Å². The van der Waals surface area contributed by atoms with E-state index in [9.17, 15) is 0 Å². The molecule has 5 nitrogen and oxygen atoms in total. The van der Waals surface area contributed by atoms with Gasteiger partial charge in [0.2, 0.25) is 0 Å². The van der Waals surface area contributed by atoms with Crippen LogP contribution in [0.25, 0.3) is 99.9 Å². The van der Waals surface area contributed by atoms with Crippen LogP contribution in [0.4, 0.5) is 0 Å². The molecule has 0 saturated heterocycles. The fourth-order valence-corrected chi connectivity index (χ4v) is 16.6. The van der Waals surface area contributed by atoms with Crippen LogP contribution in [-0.2, 0) is 10.8 Å². The second kappa shape index (κ2) is 14.0. The molecule has 0 spiro atoms. The summed E-state index contributed by atoms with van der Waals surface area (Å²) in [6.07, 6.45) is 16.9. The number of para-hydroxylation sites is 2. The normalized spacial score (nSPS) is 28.0. The lowest BCUT2D eigenvalue weighted by atomic mass is 9.48. The number of furan rings is 2. The molecule has 8 bridgehead atoms. The summed E-state index contributed by atoms with van der Waals surface area (Å²) in [6.45, 7) is 0. The largest absolute Gasteiger partial charge is 0.455 e. The topological polar surface area (TPSA) is 65.0 Å². The molecular weight excluding hydrogens is 831 g/mol. The van der Waals surface area contributed by atoms with Crippen molar-refractivity contribution >= 4 is 54.6 Å².